The molecular weight excluding hydrogens is 446 g/mol. The summed E-state index contributed by atoms with van der Waals surface area (Å²) in [7, 11) is 0. The topological polar surface area (TPSA) is 66.2 Å². The summed E-state index contributed by atoms with van der Waals surface area (Å²) in [6.07, 6.45) is 5.46. The number of aryl methyl sites for hydroxylation is 1. The first-order valence-electron chi connectivity index (χ1n) is 10.8. The number of nitrogens with zero attached hydrogens (tertiary/aromatic N) is 3. The quantitative estimate of drug-likeness (QED) is 0.306. The van der Waals surface area contributed by atoms with Crippen LogP contribution in [0.25, 0.3) is 5.69 Å². The van der Waals surface area contributed by atoms with Crippen LogP contribution in [0.5, 0.6) is 5.75 Å². The van der Waals surface area contributed by atoms with Crippen LogP contribution in [-0.2, 0) is 16.1 Å². The minimum absolute atomic E-state index is 0.0515. The maximum atomic E-state index is 12.4. The minimum Gasteiger partial charge on any atom is -0.486 e. The van der Waals surface area contributed by atoms with E-state index in [1.807, 2.05) is 60.0 Å². The van der Waals surface area contributed by atoms with Crippen LogP contribution in [0.4, 0.5) is 0 Å². The van der Waals surface area contributed by atoms with E-state index in [-0.39, 0.29) is 24.4 Å². The highest BCUT2D eigenvalue weighted by atomic mass is 35.5. The molecule has 0 saturated heterocycles. The van der Waals surface area contributed by atoms with E-state index in [0.717, 1.165) is 36.9 Å². The third-order valence-corrected chi connectivity index (χ3v) is 6.71. The first kappa shape index (κ1) is 22.7. The Labute approximate surface area is 197 Å². The lowest BCUT2D eigenvalue weighted by atomic mass is 9.98. The predicted molar refractivity (Wildman–Crippen MR) is 126 cm³/mol. The molecule has 2 aromatic carbocycles. The van der Waals surface area contributed by atoms with Gasteiger partial charge >= 0.3 is 5.97 Å². The number of halogens is 1. The predicted octanol–water partition coefficient (Wildman–Crippen LogP) is 5.78. The van der Waals surface area contributed by atoms with E-state index in [9.17, 15) is 4.79 Å². The van der Waals surface area contributed by atoms with Gasteiger partial charge in [0, 0.05) is 10.7 Å². The van der Waals surface area contributed by atoms with Gasteiger partial charge in [0.2, 0.25) is 0 Å². The van der Waals surface area contributed by atoms with Crippen LogP contribution < -0.4 is 4.74 Å². The molecule has 1 heterocycles. The summed E-state index contributed by atoms with van der Waals surface area (Å²) < 4.78 is 13.5. The number of ether oxygens (including phenoxy) is 2. The summed E-state index contributed by atoms with van der Waals surface area (Å²) in [4.78, 5) is 12.4. The van der Waals surface area contributed by atoms with Gasteiger partial charge in [-0.3, -0.25) is 9.36 Å². The molecule has 3 aromatic rings. The molecule has 32 heavy (non-hydrogen) atoms. The smallest absolute Gasteiger partial charge is 0.316 e. The number of hydrogen-bond acceptors (Lipinski definition) is 6. The van der Waals surface area contributed by atoms with Gasteiger partial charge in [-0.1, -0.05) is 48.0 Å². The summed E-state index contributed by atoms with van der Waals surface area (Å²) in [6, 6.07) is 15.3. The normalized spacial score (nSPS) is 14.3. The zero-order valence-corrected chi connectivity index (χ0v) is 19.6. The molecule has 1 aliphatic carbocycles. The molecule has 168 valence electrons. The molecule has 6 nitrogen and oxygen atoms in total. The van der Waals surface area contributed by atoms with E-state index < -0.39 is 0 Å². The van der Waals surface area contributed by atoms with E-state index >= 15 is 0 Å². The van der Waals surface area contributed by atoms with Crippen LogP contribution >= 0.6 is 23.4 Å². The summed E-state index contributed by atoms with van der Waals surface area (Å²) in [6.45, 7) is 2.17. The highest BCUT2D eigenvalue weighted by Gasteiger charge is 2.20. The number of benzene rings is 2. The third kappa shape index (κ3) is 5.84. The number of rotatable bonds is 8. The van der Waals surface area contributed by atoms with Gasteiger partial charge in [-0.25, -0.2) is 0 Å². The molecule has 8 heteroatoms. The summed E-state index contributed by atoms with van der Waals surface area (Å²) >= 11 is 7.43. The molecule has 0 aliphatic heterocycles. The van der Waals surface area contributed by atoms with Gasteiger partial charge in [0.05, 0.1) is 5.75 Å². The van der Waals surface area contributed by atoms with Gasteiger partial charge in [0.25, 0.3) is 0 Å². The van der Waals surface area contributed by atoms with Crippen LogP contribution in [0.3, 0.4) is 0 Å². The van der Waals surface area contributed by atoms with Crippen molar-refractivity contribution in [3.63, 3.8) is 0 Å². The molecule has 0 spiro atoms. The van der Waals surface area contributed by atoms with Crippen molar-refractivity contribution in [1.82, 2.24) is 14.8 Å². The summed E-state index contributed by atoms with van der Waals surface area (Å²) in [5.41, 5.74) is 1.85. The lowest BCUT2D eigenvalue weighted by Crippen LogP contribution is -2.22. The van der Waals surface area contributed by atoms with Gasteiger partial charge < -0.3 is 9.47 Å². The van der Waals surface area contributed by atoms with E-state index in [1.54, 1.807) is 0 Å². The minimum atomic E-state index is -0.209. The average molecular weight is 472 g/mol. The van der Waals surface area contributed by atoms with E-state index in [1.165, 1.54) is 18.2 Å². The molecule has 1 aromatic heterocycles. The molecule has 1 fully saturated rings. The molecule has 0 N–H and O–H groups in total. The van der Waals surface area contributed by atoms with Crippen molar-refractivity contribution in [3.05, 3.63) is 64.9 Å². The Hall–Kier alpha value is -2.51. The molecule has 0 bridgehead atoms. The Kier molecular flexibility index (Phi) is 7.71. The van der Waals surface area contributed by atoms with Crippen molar-refractivity contribution >= 4 is 29.3 Å². The second-order valence-corrected chi connectivity index (χ2v) is 9.16. The Morgan fingerprint density at radius 3 is 2.66 bits per heavy atom. The largest absolute Gasteiger partial charge is 0.486 e. The number of carbonyl (C=O) groups excluding carboxylic acids is 1. The van der Waals surface area contributed by atoms with Crippen LogP contribution in [0.2, 0.25) is 5.02 Å². The van der Waals surface area contributed by atoms with Crippen molar-refractivity contribution in [2.45, 2.75) is 56.9 Å². The summed E-state index contributed by atoms with van der Waals surface area (Å²) in [5.74, 6) is 1.34. The van der Waals surface area contributed by atoms with Crippen LogP contribution in [-0.4, -0.2) is 32.6 Å². The van der Waals surface area contributed by atoms with Crippen molar-refractivity contribution in [3.8, 4) is 11.4 Å². The molecule has 0 unspecified atom stereocenters. The first-order chi connectivity index (χ1) is 15.6. The van der Waals surface area contributed by atoms with Crippen molar-refractivity contribution in [2.24, 2.45) is 0 Å². The van der Waals surface area contributed by atoms with E-state index in [4.69, 9.17) is 21.1 Å². The molecule has 4 rings (SSSR count). The van der Waals surface area contributed by atoms with E-state index in [2.05, 4.69) is 10.2 Å². The van der Waals surface area contributed by atoms with Gasteiger partial charge in [-0.05, 0) is 68.5 Å². The van der Waals surface area contributed by atoms with E-state index in [0.29, 0.717) is 21.8 Å². The molecule has 0 atom stereocenters. The fraction of sp³-hybridized carbons (Fsp3) is 0.375. The van der Waals surface area contributed by atoms with Gasteiger partial charge in [0.1, 0.15) is 18.5 Å². The van der Waals surface area contributed by atoms with Gasteiger partial charge in [0.15, 0.2) is 11.0 Å². The number of carbonyl (C=O) groups is 1. The number of aromatic nitrogens is 3. The fourth-order valence-corrected chi connectivity index (χ4v) is 4.58. The van der Waals surface area contributed by atoms with Crippen LogP contribution in [0, 0.1) is 6.92 Å². The van der Waals surface area contributed by atoms with Crippen LogP contribution in [0.1, 0.15) is 43.5 Å². The number of hydrogen-bond donors (Lipinski definition) is 0. The molecule has 1 aliphatic rings. The Morgan fingerprint density at radius 1 is 1.12 bits per heavy atom. The Balaban J connectivity index is 1.46. The highest BCUT2D eigenvalue weighted by molar-refractivity contribution is 7.99. The van der Waals surface area contributed by atoms with Crippen molar-refractivity contribution < 1.29 is 14.3 Å². The average Bonchev–Trinajstić information content (AvgIpc) is 3.22. The second-order valence-electron chi connectivity index (χ2n) is 7.81. The number of esters is 1. The first-order valence-corrected chi connectivity index (χ1v) is 12.2. The number of thioether (sulfide) groups is 1. The zero-order valence-electron chi connectivity index (χ0n) is 18.0. The standard InChI is InChI=1S/C24H26ClN3O3S/c1-17-14-20(12-13-21(17)25)30-15-22-26-27-24(28(22)18-8-4-2-5-9-18)32-16-23(29)31-19-10-6-3-7-11-19/h2,4-5,8-9,12-14,19H,3,6-7,10-11,15-16H2,1H3. The third-order valence-electron chi connectivity index (χ3n) is 5.38. The molecule has 1 saturated carbocycles. The second kappa shape index (κ2) is 10.9. The Morgan fingerprint density at radius 2 is 1.91 bits per heavy atom. The maximum absolute atomic E-state index is 12.4. The highest BCUT2D eigenvalue weighted by Crippen LogP contribution is 2.26. The zero-order chi connectivity index (χ0) is 22.3. The van der Waals surface area contributed by atoms with Crippen molar-refractivity contribution in [1.29, 1.82) is 0 Å². The molecule has 0 radical (unpaired) electrons. The number of para-hydroxylation sites is 1. The lowest BCUT2D eigenvalue weighted by molar-refractivity contribution is -0.147. The van der Waals surface area contributed by atoms with Crippen LogP contribution in [0.15, 0.2) is 53.7 Å². The molecular formula is C24H26ClN3O3S. The molecule has 0 amide bonds. The maximum Gasteiger partial charge on any atom is 0.316 e. The monoisotopic (exact) mass is 471 g/mol. The van der Waals surface area contributed by atoms with Gasteiger partial charge in [-0.2, -0.15) is 0 Å². The SMILES string of the molecule is Cc1cc(OCc2nnc(SCC(=O)OC3CCCCC3)n2-c2ccccc2)ccc1Cl. The Bertz CT molecular complexity index is 1050. The summed E-state index contributed by atoms with van der Waals surface area (Å²) in [5, 5.41) is 9.98. The van der Waals surface area contributed by atoms with Gasteiger partial charge in [-0.15, -0.1) is 10.2 Å². The van der Waals surface area contributed by atoms with Crippen molar-refractivity contribution in [2.75, 3.05) is 5.75 Å². The fourth-order valence-electron chi connectivity index (χ4n) is 3.70. The lowest BCUT2D eigenvalue weighted by Gasteiger charge is -2.21.